The van der Waals surface area contributed by atoms with E-state index in [9.17, 15) is 9.59 Å². The van der Waals surface area contributed by atoms with E-state index in [2.05, 4.69) is 5.32 Å². The molecule has 0 aromatic heterocycles. The van der Waals surface area contributed by atoms with Crippen molar-refractivity contribution >= 4 is 12.0 Å². The molecule has 0 aromatic carbocycles. The Morgan fingerprint density at radius 2 is 2.21 bits per heavy atom. The van der Waals surface area contributed by atoms with E-state index < -0.39 is 12.1 Å². The number of aliphatic hydroxyl groups is 1. The molecule has 1 aliphatic heterocycles. The monoisotopic (exact) mass is 274 g/mol. The molecule has 2 atom stereocenters. The summed E-state index contributed by atoms with van der Waals surface area (Å²) in [6.07, 6.45) is 2.37. The maximum atomic E-state index is 12.0. The third kappa shape index (κ3) is 4.68. The zero-order chi connectivity index (χ0) is 14.3. The first kappa shape index (κ1) is 15.7. The molecule has 2 unspecified atom stereocenters. The van der Waals surface area contributed by atoms with Gasteiger partial charge in [0, 0.05) is 26.3 Å². The standard InChI is InChI=1S/C12H22N2O5/c1-19-10(11(16)17)8-13-12(18)14-6-3-2-4-9(14)5-7-15/h9-10,15H,2-8H2,1H3,(H,13,18)(H,16,17). The predicted octanol–water partition coefficient (Wildman–Crippen LogP) is 0.0325. The Balaban J connectivity index is 2.48. The molecule has 1 rings (SSSR count). The second-order valence-corrected chi connectivity index (χ2v) is 4.60. The maximum Gasteiger partial charge on any atom is 0.334 e. The van der Waals surface area contributed by atoms with Crippen molar-refractivity contribution in [2.45, 2.75) is 37.8 Å². The Labute approximate surface area is 112 Å². The number of carbonyl (C=O) groups is 2. The molecule has 2 amide bonds. The van der Waals surface area contributed by atoms with Gasteiger partial charge in [0.15, 0.2) is 6.10 Å². The average molecular weight is 274 g/mol. The molecule has 1 fully saturated rings. The number of nitrogens with one attached hydrogen (secondary N) is 1. The number of urea groups is 1. The van der Waals surface area contributed by atoms with Gasteiger partial charge in [0.05, 0.1) is 6.54 Å². The highest BCUT2D eigenvalue weighted by molar-refractivity contribution is 5.77. The molecule has 0 bridgehead atoms. The number of piperidine rings is 1. The van der Waals surface area contributed by atoms with E-state index in [0.717, 1.165) is 19.3 Å². The van der Waals surface area contributed by atoms with E-state index in [4.69, 9.17) is 14.9 Å². The number of ether oxygens (including phenoxy) is 1. The summed E-state index contributed by atoms with van der Waals surface area (Å²) in [7, 11) is 1.29. The van der Waals surface area contributed by atoms with Crippen LogP contribution in [0.3, 0.4) is 0 Å². The number of aliphatic hydroxyl groups excluding tert-OH is 1. The van der Waals surface area contributed by atoms with Crippen molar-refractivity contribution in [1.29, 1.82) is 0 Å². The van der Waals surface area contributed by atoms with Crippen LogP contribution in [0.15, 0.2) is 0 Å². The van der Waals surface area contributed by atoms with E-state index in [1.807, 2.05) is 0 Å². The van der Waals surface area contributed by atoms with Gasteiger partial charge < -0.3 is 25.2 Å². The summed E-state index contributed by atoms with van der Waals surface area (Å²) in [5, 5.41) is 20.4. The Kier molecular flexibility index (Phi) is 6.58. The molecule has 1 heterocycles. The van der Waals surface area contributed by atoms with Gasteiger partial charge in [-0.05, 0) is 25.7 Å². The highest BCUT2D eigenvalue weighted by Gasteiger charge is 2.27. The summed E-state index contributed by atoms with van der Waals surface area (Å²) in [6.45, 7) is 0.624. The van der Waals surface area contributed by atoms with Crippen LogP contribution in [-0.2, 0) is 9.53 Å². The summed E-state index contributed by atoms with van der Waals surface area (Å²) in [5.41, 5.74) is 0. The Morgan fingerprint density at radius 3 is 2.79 bits per heavy atom. The minimum Gasteiger partial charge on any atom is -0.479 e. The lowest BCUT2D eigenvalue weighted by atomic mass is 10.0. The van der Waals surface area contributed by atoms with Crippen LogP contribution in [-0.4, -0.2) is 66.1 Å². The molecular weight excluding hydrogens is 252 g/mol. The topological polar surface area (TPSA) is 99.1 Å². The molecule has 0 aliphatic carbocycles. The predicted molar refractivity (Wildman–Crippen MR) is 67.9 cm³/mol. The number of carbonyl (C=O) groups excluding carboxylic acids is 1. The molecule has 1 aliphatic rings. The quantitative estimate of drug-likeness (QED) is 0.635. The molecule has 7 heteroatoms. The van der Waals surface area contributed by atoms with Crippen LogP contribution >= 0.6 is 0 Å². The lowest BCUT2D eigenvalue weighted by Crippen LogP contribution is -2.51. The number of methoxy groups -OCH3 is 1. The van der Waals surface area contributed by atoms with Crippen LogP contribution < -0.4 is 5.32 Å². The molecule has 3 N–H and O–H groups in total. The summed E-state index contributed by atoms with van der Waals surface area (Å²) in [6, 6.07) is -0.258. The van der Waals surface area contributed by atoms with Crippen molar-refractivity contribution in [2.75, 3.05) is 26.8 Å². The fourth-order valence-corrected chi connectivity index (χ4v) is 2.27. The van der Waals surface area contributed by atoms with E-state index in [1.165, 1.54) is 7.11 Å². The van der Waals surface area contributed by atoms with Crippen LogP contribution in [0.25, 0.3) is 0 Å². The van der Waals surface area contributed by atoms with Crippen molar-refractivity contribution in [3.8, 4) is 0 Å². The van der Waals surface area contributed by atoms with Crippen LogP contribution in [0.1, 0.15) is 25.7 Å². The molecular formula is C12H22N2O5. The zero-order valence-electron chi connectivity index (χ0n) is 11.2. The summed E-state index contributed by atoms with van der Waals surface area (Å²) in [4.78, 5) is 24.4. The van der Waals surface area contributed by atoms with E-state index >= 15 is 0 Å². The van der Waals surface area contributed by atoms with Crippen molar-refractivity contribution in [2.24, 2.45) is 0 Å². The molecule has 0 radical (unpaired) electrons. The maximum absolute atomic E-state index is 12.0. The van der Waals surface area contributed by atoms with Crippen molar-refractivity contribution in [3.63, 3.8) is 0 Å². The summed E-state index contributed by atoms with van der Waals surface area (Å²) in [5.74, 6) is -1.10. The van der Waals surface area contributed by atoms with Gasteiger partial charge in [0.1, 0.15) is 0 Å². The number of hydrogen-bond donors (Lipinski definition) is 3. The van der Waals surface area contributed by atoms with Gasteiger partial charge in [-0.1, -0.05) is 0 Å². The number of hydrogen-bond acceptors (Lipinski definition) is 4. The third-order valence-electron chi connectivity index (χ3n) is 3.35. The average Bonchev–Trinajstić information content (AvgIpc) is 2.40. The zero-order valence-corrected chi connectivity index (χ0v) is 11.2. The third-order valence-corrected chi connectivity index (χ3v) is 3.35. The number of likely N-dealkylation sites (tertiary alicyclic amines) is 1. The minimum absolute atomic E-state index is 0.0320. The molecule has 0 spiro atoms. The highest BCUT2D eigenvalue weighted by Crippen LogP contribution is 2.19. The molecule has 19 heavy (non-hydrogen) atoms. The molecule has 0 aromatic rings. The lowest BCUT2D eigenvalue weighted by Gasteiger charge is -2.35. The van der Waals surface area contributed by atoms with Crippen LogP contribution in [0.2, 0.25) is 0 Å². The van der Waals surface area contributed by atoms with E-state index in [0.29, 0.717) is 13.0 Å². The summed E-state index contributed by atoms with van der Waals surface area (Å²) >= 11 is 0. The minimum atomic E-state index is -1.10. The first-order valence-corrected chi connectivity index (χ1v) is 6.51. The Bertz CT molecular complexity index is 308. The largest absolute Gasteiger partial charge is 0.479 e. The van der Waals surface area contributed by atoms with Crippen LogP contribution in [0.4, 0.5) is 4.79 Å². The van der Waals surface area contributed by atoms with E-state index in [1.54, 1.807) is 4.90 Å². The van der Waals surface area contributed by atoms with Gasteiger partial charge in [0.25, 0.3) is 0 Å². The van der Waals surface area contributed by atoms with E-state index in [-0.39, 0.29) is 25.2 Å². The van der Waals surface area contributed by atoms with Gasteiger partial charge in [-0.2, -0.15) is 0 Å². The van der Waals surface area contributed by atoms with Crippen molar-refractivity contribution in [1.82, 2.24) is 10.2 Å². The molecule has 110 valence electrons. The normalized spacial score (nSPS) is 20.9. The second-order valence-electron chi connectivity index (χ2n) is 4.60. The SMILES string of the molecule is COC(CNC(=O)N1CCCCC1CCO)C(=O)O. The van der Waals surface area contributed by atoms with Crippen molar-refractivity contribution < 1.29 is 24.5 Å². The van der Waals surface area contributed by atoms with Gasteiger partial charge in [-0.25, -0.2) is 9.59 Å². The number of carboxylic acid groups (broad SMARTS) is 1. The fraction of sp³-hybridized carbons (Fsp3) is 0.833. The van der Waals surface area contributed by atoms with Gasteiger partial charge in [-0.15, -0.1) is 0 Å². The Hall–Kier alpha value is -1.34. The number of carboxylic acids is 1. The van der Waals surface area contributed by atoms with Crippen LogP contribution in [0.5, 0.6) is 0 Å². The number of amides is 2. The number of aliphatic carboxylic acids is 1. The van der Waals surface area contributed by atoms with Gasteiger partial charge in [-0.3, -0.25) is 0 Å². The first-order valence-electron chi connectivity index (χ1n) is 6.51. The highest BCUT2D eigenvalue weighted by atomic mass is 16.5. The molecule has 1 saturated heterocycles. The first-order chi connectivity index (χ1) is 9.10. The van der Waals surface area contributed by atoms with Crippen LogP contribution in [0, 0.1) is 0 Å². The van der Waals surface area contributed by atoms with Gasteiger partial charge in [0.2, 0.25) is 0 Å². The van der Waals surface area contributed by atoms with Gasteiger partial charge >= 0.3 is 12.0 Å². The second kappa shape index (κ2) is 7.96. The lowest BCUT2D eigenvalue weighted by molar-refractivity contribution is -0.148. The summed E-state index contributed by atoms with van der Waals surface area (Å²) < 4.78 is 4.75. The number of rotatable bonds is 6. The smallest absolute Gasteiger partial charge is 0.334 e. The number of nitrogens with zero attached hydrogens (tertiary/aromatic N) is 1. The fourth-order valence-electron chi connectivity index (χ4n) is 2.27. The molecule has 7 nitrogen and oxygen atoms in total. The Morgan fingerprint density at radius 1 is 1.47 bits per heavy atom. The molecule has 0 saturated carbocycles. The van der Waals surface area contributed by atoms with Crippen molar-refractivity contribution in [3.05, 3.63) is 0 Å².